The Hall–Kier alpha value is -0.770. The third-order valence-electron chi connectivity index (χ3n) is 4.12. The van der Waals surface area contributed by atoms with E-state index in [1.54, 1.807) is 0 Å². The van der Waals surface area contributed by atoms with E-state index in [1.165, 1.54) is 38.0 Å². The van der Waals surface area contributed by atoms with Gasteiger partial charge in [0.05, 0.1) is 10.7 Å². The fourth-order valence-electron chi connectivity index (χ4n) is 2.78. The molecule has 106 valence electrons. The van der Waals surface area contributed by atoms with Crippen LogP contribution in [0.4, 0.5) is 5.69 Å². The molecule has 0 bridgehead atoms. The van der Waals surface area contributed by atoms with Crippen LogP contribution in [0.25, 0.3) is 0 Å². The Labute approximate surface area is 121 Å². The van der Waals surface area contributed by atoms with E-state index in [2.05, 4.69) is 29.8 Å². The Bertz CT molecular complexity index is 414. The van der Waals surface area contributed by atoms with Gasteiger partial charge in [0.1, 0.15) is 0 Å². The minimum absolute atomic E-state index is 0.641. The zero-order chi connectivity index (χ0) is 13.8. The van der Waals surface area contributed by atoms with Crippen LogP contribution in [0.1, 0.15) is 25.3 Å². The lowest BCUT2D eigenvalue weighted by atomic mass is 10.0. The monoisotopic (exact) mass is 281 g/mol. The molecule has 0 aromatic heterocycles. The number of hydrogen-bond donors (Lipinski definition) is 1. The van der Waals surface area contributed by atoms with Crippen molar-refractivity contribution < 1.29 is 0 Å². The summed E-state index contributed by atoms with van der Waals surface area (Å²) in [4.78, 5) is 4.96. The van der Waals surface area contributed by atoms with Gasteiger partial charge in [-0.1, -0.05) is 24.6 Å². The number of nitrogens with zero attached hydrogens (tertiary/aromatic N) is 2. The summed E-state index contributed by atoms with van der Waals surface area (Å²) in [5, 5.41) is 0.641. The van der Waals surface area contributed by atoms with E-state index in [4.69, 9.17) is 17.3 Å². The van der Waals surface area contributed by atoms with Crippen molar-refractivity contribution in [2.24, 2.45) is 0 Å². The molecule has 19 heavy (non-hydrogen) atoms. The lowest BCUT2D eigenvalue weighted by molar-refractivity contribution is 0.127. The maximum atomic E-state index is 5.95. The molecule has 4 heteroatoms. The average molecular weight is 282 g/mol. The molecule has 1 aliphatic rings. The second-order valence-electron chi connectivity index (χ2n) is 5.44. The summed E-state index contributed by atoms with van der Waals surface area (Å²) in [6.45, 7) is 6.78. The van der Waals surface area contributed by atoms with E-state index in [0.29, 0.717) is 16.8 Å². The molecular weight excluding hydrogens is 258 g/mol. The molecule has 0 amide bonds. The van der Waals surface area contributed by atoms with Crippen molar-refractivity contribution in [2.75, 3.05) is 32.4 Å². The second-order valence-corrected chi connectivity index (χ2v) is 5.84. The van der Waals surface area contributed by atoms with Crippen molar-refractivity contribution >= 4 is 17.3 Å². The smallest absolute Gasteiger partial charge is 0.0635 e. The fourth-order valence-corrected chi connectivity index (χ4v) is 2.90. The van der Waals surface area contributed by atoms with Crippen LogP contribution < -0.4 is 5.73 Å². The van der Waals surface area contributed by atoms with E-state index < -0.39 is 0 Å². The van der Waals surface area contributed by atoms with E-state index in [1.807, 2.05) is 12.1 Å². The first-order chi connectivity index (χ1) is 9.10. The quantitative estimate of drug-likeness (QED) is 0.862. The summed E-state index contributed by atoms with van der Waals surface area (Å²) in [6.07, 6.45) is 2.51. The molecule has 0 spiro atoms. The Kier molecular flexibility index (Phi) is 5.08. The topological polar surface area (TPSA) is 32.5 Å². The van der Waals surface area contributed by atoms with Gasteiger partial charge in [-0.3, -0.25) is 4.90 Å². The van der Waals surface area contributed by atoms with Crippen molar-refractivity contribution in [3.63, 3.8) is 0 Å². The van der Waals surface area contributed by atoms with Crippen LogP contribution in [0, 0.1) is 0 Å². The molecule has 1 aliphatic heterocycles. The van der Waals surface area contributed by atoms with E-state index in [-0.39, 0.29) is 0 Å². The van der Waals surface area contributed by atoms with Gasteiger partial charge in [0.15, 0.2) is 0 Å². The number of piperidine rings is 1. The number of nitrogen functional groups attached to an aromatic ring is 1. The summed E-state index contributed by atoms with van der Waals surface area (Å²) in [6, 6.07) is 6.62. The van der Waals surface area contributed by atoms with Crippen LogP contribution >= 0.6 is 11.6 Å². The number of halogens is 1. The first-order valence-electron chi connectivity index (χ1n) is 7.06. The number of nitrogens with two attached hydrogens (primary N) is 1. The fraction of sp³-hybridized carbons (Fsp3) is 0.600. The zero-order valence-corrected chi connectivity index (χ0v) is 12.7. The summed E-state index contributed by atoms with van der Waals surface area (Å²) in [5.74, 6) is 0. The molecule has 2 N–H and O–H groups in total. The molecule has 1 saturated heterocycles. The largest absolute Gasteiger partial charge is 0.398 e. The van der Waals surface area contributed by atoms with Crippen molar-refractivity contribution in [3.05, 3.63) is 28.8 Å². The van der Waals surface area contributed by atoms with Crippen LogP contribution in [-0.4, -0.2) is 42.5 Å². The highest BCUT2D eigenvalue weighted by Gasteiger charge is 2.21. The third kappa shape index (κ3) is 3.85. The van der Waals surface area contributed by atoms with Gasteiger partial charge in [0.25, 0.3) is 0 Å². The molecule has 0 aliphatic carbocycles. The molecular formula is C15H24ClN3. The normalized spacial score (nSPS) is 18.1. The summed E-state index contributed by atoms with van der Waals surface area (Å²) < 4.78 is 0. The summed E-state index contributed by atoms with van der Waals surface area (Å²) in [7, 11) is 2.21. The number of anilines is 1. The van der Waals surface area contributed by atoms with Crippen LogP contribution in [0.3, 0.4) is 0 Å². The van der Waals surface area contributed by atoms with Crippen molar-refractivity contribution in [3.8, 4) is 0 Å². The number of hydrogen-bond acceptors (Lipinski definition) is 3. The molecule has 1 aromatic rings. The zero-order valence-electron chi connectivity index (χ0n) is 11.9. The standard InChI is InChI=1S/C15H24ClN3/c1-3-19-8-6-13(7-9-19)18(2)11-12-4-5-14(16)15(17)10-12/h4-5,10,13H,3,6-9,11,17H2,1-2H3. The lowest BCUT2D eigenvalue weighted by Crippen LogP contribution is -2.42. The molecule has 2 rings (SSSR count). The van der Waals surface area contributed by atoms with Gasteiger partial charge in [0.2, 0.25) is 0 Å². The molecule has 0 atom stereocenters. The van der Waals surface area contributed by atoms with E-state index in [0.717, 1.165) is 6.54 Å². The maximum Gasteiger partial charge on any atom is 0.0635 e. The number of benzene rings is 1. The molecule has 0 unspecified atom stereocenters. The highest BCUT2D eigenvalue weighted by molar-refractivity contribution is 6.33. The second kappa shape index (κ2) is 6.60. The first-order valence-corrected chi connectivity index (χ1v) is 7.44. The van der Waals surface area contributed by atoms with E-state index in [9.17, 15) is 0 Å². The maximum absolute atomic E-state index is 5.95. The minimum Gasteiger partial charge on any atom is -0.398 e. The molecule has 1 aromatic carbocycles. The van der Waals surface area contributed by atoms with Crippen molar-refractivity contribution in [1.29, 1.82) is 0 Å². The summed E-state index contributed by atoms with van der Waals surface area (Å²) in [5.41, 5.74) is 7.77. The summed E-state index contributed by atoms with van der Waals surface area (Å²) >= 11 is 5.95. The average Bonchev–Trinajstić information content (AvgIpc) is 2.43. The van der Waals surface area contributed by atoms with Crippen molar-refractivity contribution in [1.82, 2.24) is 9.80 Å². The van der Waals surface area contributed by atoms with Crippen LogP contribution in [0.2, 0.25) is 5.02 Å². The van der Waals surface area contributed by atoms with Crippen LogP contribution in [0.5, 0.6) is 0 Å². The van der Waals surface area contributed by atoms with Gasteiger partial charge in [-0.25, -0.2) is 0 Å². The van der Waals surface area contributed by atoms with Gasteiger partial charge in [-0.15, -0.1) is 0 Å². The van der Waals surface area contributed by atoms with Gasteiger partial charge in [0, 0.05) is 12.6 Å². The van der Waals surface area contributed by atoms with Gasteiger partial charge >= 0.3 is 0 Å². The SMILES string of the molecule is CCN1CCC(N(C)Cc2ccc(Cl)c(N)c2)CC1. The lowest BCUT2D eigenvalue weighted by Gasteiger charge is -2.36. The van der Waals surface area contributed by atoms with E-state index >= 15 is 0 Å². The molecule has 1 heterocycles. The minimum atomic E-state index is 0.641. The van der Waals surface area contributed by atoms with Gasteiger partial charge < -0.3 is 10.6 Å². The predicted molar refractivity (Wildman–Crippen MR) is 82.5 cm³/mol. The van der Waals surface area contributed by atoms with Crippen LogP contribution in [-0.2, 0) is 6.54 Å². The Balaban J connectivity index is 1.90. The molecule has 0 radical (unpaired) electrons. The highest BCUT2D eigenvalue weighted by Crippen LogP contribution is 2.22. The molecule has 0 saturated carbocycles. The van der Waals surface area contributed by atoms with Crippen LogP contribution in [0.15, 0.2) is 18.2 Å². The van der Waals surface area contributed by atoms with Crippen molar-refractivity contribution in [2.45, 2.75) is 32.4 Å². The molecule has 1 fully saturated rings. The third-order valence-corrected chi connectivity index (χ3v) is 4.46. The Morgan fingerprint density at radius 3 is 2.63 bits per heavy atom. The van der Waals surface area contributed by atoms with Gasteiger partial charge in [-0.2, -0.15) is 0 Å². The van der Waals surface area contributed by atoms with Gasteiger partial charge in [-0.05, 0) is 57.2 Å². The highest BCUT2D eigenvalue weighted by atomic mass is 35.5. The predicted octanol–water partition coefficient (Wildman–Crippen LogP) is 2.84. The number of likely N-dealkylation sites (tertiary alicyclic amines) is 1. The Morgan fingerprint density at radius 2 is 2.05 bits per heavy atom. The molecule has 3 nitrogen and oxygen atoms in total. The number of rotatable bonds is 4. The Morgan fingerprint density at radius 1 is 1.37 bits per heavy atom. The first kappa shape index (κ1) is 14.6.